The molecule has 0 unspecified atom stereocenters. The van der Waals surface area contributed by atoms with E-state index in [-0.39, 0.29) is 5.24 Å². The third kappa shape index (κ3) is 60.7. The zero-order valence-electron chi connectivity index (χ0n) is 34.9. The summed E-state index contributed by atoms with van der Waals surface area (Å²) >= 11 is 5.30. The maximum Gasteiger partial charge on any atom is 0.221 e. The van der Waals surface area contributed by atoms with Crippen LogP contribution in [0.15, 0.2) is 0 Å². The van der Waals surface area contributed by atoms with E-state index in [1.807, 2.05) is 0 Å². The van der Waals surface area contributed by atoms with E-state index in [0.29, 0.717) is 31.6 Å². The average molecular weight is 751 g/mol. The van der Waals surface area contributed by atoms with Gasteiger partial charge in [0.2, 0.25) is 5.24 Å². The van der Waals surface area contributed by atoms with Crippen LogP contribution >= 0.6 is 11.6 Å². The van der Waals surface area contributed by atoms with Gasteiger partial charge in [-0.2, -0.15) is 0 Å². The Kier molecular flexibility index (Phi) is 57.1. The van der Waals surface area contributed by atoms with Crippen LogP contribution in [0.25, 0.3) is 0 Å². The fourth-order valence-corrected chi connectivity index (χ4v) is 6.31. The van der Waals surface area contributed by atoms with Gasteiger partial charge < -0.3 is 10.5 Å². The summed E-state index contributed by atoms with van der Waals surface area (Å²) in [6, 6.07) is 0. The van der Waals surface area contributed by atoms with Gasteiger partial charge >= 0.3 is 0 Å². The van der Waals surface area contributed by atoms with Crippen LogP contribution < -0.4 is 5.73 Å². The van der Waals surface area contributed by atoms with Crippen molar-refractivity contribution in [2.24, 2.45) is 5.73 Å². The molecular formula is C47H88ClNO3. The molecule has 306 valence electrons. The molecule has 1 saturated heterocycles. The molecule has 1 fully saturated rings. The Hall–Kier alpha value is -1.33. The average Bonchev–Trinajstić information content (AvgIpc) is 3.75. The molecule has 0 bridgehead atoms. The molecule has 0 amide bonds. The Morgan fingerprint density at radius 3 is 1.02 bits per heavy atom. The lowest BCUT2D eigenvalue weighted by atomic mass is 10.0. The molecular weight excluding hydrogens is 662 g/mol. The van der Waals surface area contributed by atoms with E-state index >= 15 is 0 Å². The van der Waals surface area contributed by atoms with Crippen LogP contribution in [0.4, 0.5) is 0 Å². The normalized spacial score (nSPS) is 11.6. The fourth-order valence-electron chi connectivity index (χ4n) is 6.18. The molecule has 0 saturated carbocycles. The fraction of sp³-hybridized carbons (Fsp3) is 0.872. The number of ketones is 1. The summed E-state index contributed by atoms with van der Waals surface area (Å²) in [6.45, 7) is 6.90. The van der Waals surface area contributed by atoms with Crippen LogP contribution in [0.1, 0.15) is 245 Å². The first-order valence-electron chi connectivity index (χ1n) is 22.3. The number of Topliss-reactive ketones (excluding diaryl/α,β-unsaturated/α-hetero) is 1. The first-order valence-corrected chi connectivity index (χ1v) is 22.7. The third-order valence-corrected chi connectivity index (χ3v) is 9.72. The topological polar surface area (TPSA) is 69.4 Å². The van der Waals surface area contributed by atoms with Gasteiger partial charge in [-0.25, -0.2) is 0 Å². The minimum absolute atomic E-state index is 0.181. The van der Waals surface area contributed by atoms with E-state index in [0.717, 1.165) is 38.9 Å². The smallest absolute Gasteiger partial charge is 0.221 e. The van der Waals surface area contributed by atoms with Gasteiger partial charge in [0.25, 0.3) is 0 Å². The second-order valence-electron chi connectivity index (χ2n) is 14.7. The molecule has 1 aliphatic heterocycles. The molecule has 1 rings (SSSR count). The van der Waals surface area contributed by atoms with Crippen molar-refractivity contribution in [1.29, 1.82) is 0 Å². The second-order valence-corrected chi connectivity index (χ2v) is 15.1. The number of unbranched alkanes of at least 4 members (excludes halogenated alkanes) is 28. The zero-order valence-corrected chi connectivity index (χ0v) is 35.7. The summed E-state index contributed by atoms with van der Waals surface area (Å²) in [7, 11) is 0. The number of ether oxygens (including phenoxy) is 1. The number of halogens is 1. The highest BCUT2D eigenvalue weighted by Gasteiger charge is 2.01. The zero-order chi connectivity index (χ0) is 38.9. The summed E-state index contributed by atoms with van der Waals surface area (Å²) in [6.07, 6.45) is 55.6. The number of terminal acetylenes is 2. The summed E-state index contributed by atoms with van der Waals surface area (Å²) < 4.78 is 4.94. The highest BCUT2D eigenvalue weighted by Crippen LogP contribution is 2.15. The van der Waals surface area contributed by atoms with E-state index in [9.17, 15) is 9.59 Å². The van der Waals surface area contributed by atoms with Gasteiger partial charge in [-0.3, -0.25) is 9.59 Å². The Bertz CT molecular complexity index is 760. The van der Waals surface area contributed by atoms with Gasteiger partial charge in [0, 0.05) is 38.9 Å². The van der Waals surface area contributed by atoms with E-state index in [2.05, 4.69) is 32.1 Å². The van der Waals surface area contributed by atoms with Crippen molar-refractivity contribution in [3.05, 3.63) is 0 Å². The molecule has 0 aromatic rings. The summed E-state index contributed by atoms with van der Waals surface area (Å²) in [5.41, 5.74) is 4.79. The van der Waals surface area contributed by atoms with Gasteiger partial charge in [0.15, 0.2) is 0 Å². The quantitative estimate of drug-likeness (QED) is 0.0404. The number of hydrogen-bond donors (Lipinski definition) is 1. The molecule has 0 radical (unpaired) electrons. The van der Waals surface area contributed by atoms with Crippen LogP contribution in [0.2, 0.25) is 0 Å². The van der Waals surface area contributed by atoms with E-state index in [1.54, 1.807) is 0 Å². The van der Waals surface area contributed by atoms with E-state index in [1.165, 1.54) is 186 Å². The van der Waals surface area contributed by atoms with Gasteiger partial charge in [-0.05, 0) is 37.3 Å². The molecule has 1 heterocycles. The minimum Gasteiger partial charge on any atom is -0.381 e. The molecule has 4 nitrogen and oxygen atoms in total. The van der Waals surface area contributed by atoms with Gasteiger partial charge in [0.1, 0.15) is 5.78 Å². The molecule has 0 aromatic carbocycles. The molecule has 52 heavy (non-hydrogen) atoms. The number of carbonyl (C=O) groups is 2. The van der Waals surface area contributed by atoms with Gasteiger partial charge in [-0.1, -0.05) is 200 Å². The molecule has 0 atom stereocenters. The van der Waals surface area contributed by atoms with Gasteiger partial charge in [-0.15, -0.1) is 18.8 Å². The molecule has 1 aliphatic rings. The van der Waals surface area contributed by atoms with Crippen molar-refractivity contribution in [1.82, 2.24) is 0 Å². The predicted molar refractivity (Wildman–Crippen MR) is 231 cm³/mol. The van der Waals surface area contributed by atoms with Crippen molar-refractivity contribution in [3.8, 4) is 24.7 Å². The maximum atomic E-state index is 11.4. The highest BCUT2D eigenvalue weighted by atomic mass is 35.5. The molecule has 2 N–H and O–H groups in total. The lowest BCUT2D eigenvalue weighted by molar-refractivity contribution is -0.119. The molecule has 0 spiro atoms. The lowest BCUT2D eigenvalue weighted by Gasteiger charge is -2.03. The number of hydrogen-bond acceptors (Lipinski definition) is 4. The van der Waals surface area contributed by atoms with Crippen LogP contribution in [0.3, 0.4) is 0 Å². The predicted octanol–water partition coefficient (Wildman–Crippen LogP) is 14.6. The summed E-state index contributed by atoms with van der Waals surface area (Å²) in [5, 5.41) is -0.181. The number of carbonyl (C=O) groups excluding carboxylic acids is 2. The minimum atomic E-state index is -0.181. The first kappa shape index (κ1) is 55.0. The highest BCUT2D eigenvalue weighted by molar-refractivity contribution is 6.63. The van der Waals surface area contributed by atoms with E-state index < -0.39 is 0 Å². The van der Waals surface area contributed by atoms with Crippen molar-refractivity contribution < 1.29 is 14.3 Å². The van der Waals surface area contributed by atoms with Gasteiger partial charge in [0.05, 0.1) is 6.54 Å². The first-order chi connectivity index (χ1) is 25.5. The van der Waals surface area contributed by atoms with E-state index in [4.69, 9.17) is 28.5 Å². The monoisotopic (exact) mass is 750 g/mol. The second kappa shape index (κ2) is 54.0. The molecule has 0 aromatic heterocycles. The summed E-state index contributed by atoms with van der Waals surface area (Å²) in [5.74, 6) is 5.09. The van der Waals surface area contributed by atoms with Crippen LogP contribution in [0.5, 0.6) is 0 Å². The molecule has 0 aliphatic carbocycles. The SMILES string of the molecule is C#CCCC(=O)CCCCCCCCCCCCCCCCC.C#CCN.C1CCOC1.CCCCCCCCCCCCCCCCCC(=O)Cl. The third-order valence-electron chi connectivity index (χ3n) is 9.53. The van der Waals surface area contributed by atoms with Crippen LogP contribution in [-0.4, -0.2) is 30.8 Å². The van der Waals surface area contributed by atoms with Crippen molar-refractivity contribution in [2.75, 3.05) is 19.8 Å². The number of rotatable bonds is 34. The van der Waals surface area contributed by atoms with Crippen LogP contribution in [0, 0.1) is 24.7 Å². The Morgan fingerprint density at radius 1 is 0.500 bits per heavy atom. The standard InChI is InChI=1S/C22H40O.C18H35ClO.C4H8O.C3H5N/c1-3-5-7-8-9-10-11-12-13-14-15-16-17-18-19-21-22(23)20-6-4-2;1-2-3-4-5-6-7-8-9-10-11-12-13-14-15-16-17-18(19)20;1-2-4-5-3-1;1-2-3-4/h2H,3,5-21H2,1H3;2-17H2,1H3;1-4H2;1H,3-4H2. The Morgan fingerprint density at radius 2 is 0.788 bits per heavy atom. The Labute approximate surface area is 331 Å². The van der Waals surface area contributed by atoms with Crippen molar-refractivity contribution in [2.45, 2.75) is 245 Å². The molecule has 5 heteroatoms. The lowest BCUT2D eigenvalue weighted by Crippen LogP contribution is -1.96. The van der Waals surface area contributed by atoms with Crippen LogP contribution in [-0.2, 0) is 14.3 Å². The summed E-state index contributed by atoms with van der Waals surface area (Å²) in [4.78, 5) is 22.0. The Balaban J connectivity index is -0.000000745. The maximum absolute atomic E-state index is 11.4. The van der Waals surface area contributed by atoms with Crippen molar-refractivity contribution >= 4 is 22.6 Å². The van der Waals surface area contributed by atoms with Crippen molar-refractivity contribution in [3.63, 3.8) is 0 Å². The largest absolute Gasteiger partial charge is 0.381 e. The number of nitrogens with two attached hydrogens (primary N) is 1.